The molecule has 2 aromatic rings. The average Bonchev–Trinajstić information content (AvgIpc) is 2.46. The molecule has 0 bridgehead atoms. The van der Waals surface area contributed by atoms with Crippen LogP contribution in [0, 0.1) is 5.92 Å². The Balaban J connectivity index is 1.54. The molecule has 0 saturated carbocycles. The van der Waals surface area contributed by atoms with Crippen LogP contribution in [0.4, 0.5) is 0 Å². The van der Waals surface area contributed by atoms with Crippen LogP contribution < -0.4 is 4.74 Å². The van der Waals surface area contributed by atoms with Crippen molar-refractivity contribution in [2.45, 2.75) is 6.54 Å². The fourth-order valence-corrected chi connectivity index (χ4v) is 2.68. The van der Waals surface area contributed by atoms with Gasteiger partial charge in [0.1, 0.15) is 11.5 Å². The van der Waals surface area contributed by atoms with Gasteiger partial charge in [0.05, 0.1) is 5.92 Å². The summed E-state index contributed by atoms with van der Waals surface area (Å²) in [6.07, 6.45) is 0. The van der Waals surface area contributed by atoms with Gasteiger partial charge in [0.25, 0.3) is 0 Å². The maximum Gasteiger partial charge on any atom is 0.309 e. The lowest BCUT2D eigenvalue weighted by atomic mass is 10.00. The first-order valence-corrected chi connectivity index (χ1v) is 7.87. The van der Waals surface area contributed by atoms with Gasteiger partial charge in [-0.3, -0.25) is 9.69 Å². The standard InChI is InChI=1S/C17H16BrNO3/c18-14-3-7-16(8-4-14)22-15-5-1-12(2-6-15)9-19-10-13(11-19)17(20)21/h1-8,13H,9-11H2,(H,20,21). The number of nitrogens with zero attached hydrogens (tertiary/aromatic N) is 1. The molecule has 114 valence electrons. The molecule has 2 aromatic carbocycles. The van der Waals surface area contributed by atoms with E-state index in [1.54, 1.807) is 0 Å². The number of halogens is 1. The summed E-state index contributed by atoms with van der Waals surface area (Å²) in [5.74, 6) is 0.676. The van der Waals surface area contributed by atoms with Crippen LogP contribution in [0.15, 0.2) is 53.0 Å². The third-order valence-corrected chi connectivity index (χ3v) is 4.21. The van der Waals surface area contributed by atoms with E-state index in [1.165, 1.54) is 0 Å². The fraction of sp³-hybridized carbons (Fsp3) is 0.235. The number of carboxylic acids is 1. The van der Waals surface area contributed by atoms with Gasteiger partial charge in [0.15, 0.2) is 0 Å². The number of ether oxygens (including phenoxy) is 1. The third kappa shape index (κ3) is 3.67. The lowest BCUT2D eigenvalue weighted by Gasteiger charge is -2.36. The summed E-state index contributed by atoms with van der Waals surface area (Å²) in [6, 6.07) is 15.6. The number of carbonyl (C=O) groups is 1. The molecule has 0 amide bonds. The van der Waals surface area contributed by atoms with Gasteiger partial charge in [-0.2, -0.15) is 0 Å². The average molecular weight is 362 g/mol. The van der Waals surface area contributed by atoms with E-state index in [0.717, 1.165) is 28.1 Å². The van der Waals surface area contributed by atoms with E-state index in [0.29, 0.717) is 13.1 Å². The van der Waals surface area contributed by atoms with Crippen LogP contribution in [0.1, 0.15) is 5.56 Å². The second-order valence-electron chi connectivity index (χ2n) is 5.43. The van der Waals surface area contributed by atoms with Crippen molar-refractivity contribution in [3.8, 4) is 11.5 Å². The smallest absolute Gasteiger partial charge is 0.309 e. The van der Waals surface area contributed by atoms with E-state index < -0.39 is 5.97 Å². The first-order chi connectivity index (χ1) is 10.6. The SMILES string of the molecule is O=C(O)C1CN(Cc2ccc(Oc3ccc(Br)cc3)cc2)C1. The Morgan fingerprint density at radius 2 is 1.64 bits per heavy atom. The summed E-state index contributed by atoms with van der Waals surface area (Å²) >= 11 is 3.39. The Hall–Kier alpha value is -1.85. The molecule has 1 saturated heterocycles. The number of carboxylic acid groups (broad SMARTS) is 1. The Kier molecular flexibility index (Phi) is 4.45. The third-order valence-electron chi connectivity index (χ3n) is 3.69. The summed E-state index contributed by atoms with van der Waals surface area (Å²) < 4.78 is 6.79. The molecule has 0 spiro atoms. The lowest BCUT2D eigenvalue weighted by Crippen LogP contribution is -2.49. The van der Waals surface area contributed by atoms with E-state index >= 15 is 0 Å². The van der Waals surface area contributed by atoms with Gasteiger partial charge in [-0.15, -0.1) is 0 Å². The number of aliphatic carboxylic acids is 1. The lowest BCUT2D eigenvalue weighted by molar-refractivity contribution is -0.147. The van der Waals surface area contributed by atoms with Crippen LogP contribution >= 0.6 is 15.9 Å². The molecule has 0 aromatic heterocycles. The Labute approximate surface area is 137 Å². The van der Waals surface area contributed by atoms with Crippen LogP contribution in [-0.2, 0) is 11.3 Å². The Bertz CT molecular complexity index is 649. The summed E-state index contributed by atoms with van der Waals surface area (Å²) in [5.41, 5.74) is 1.16. The quantitative estimate of drug-likeness (QED) is 0.880. The molecule has 0 radical (unpaired) electrons. The summed E-state index contributed by atoms with van der Waals surface area (Å²) in [5, 5.41) is 8.86. The molecule has 1 aliphatic heterocycles. The molecular weight excluding hydrogens is 346 g/mol. The summed E-state index contributed by atoms with van der Waals surface area (Å²) in [4.78, 5) is 12.9. The number of rotatable bonds is 5. The van der Waals surface area contributed by atoms with Crippen LogP contribution in [0.5, 0.6) is 11.5 Å². The largest absolute Gasteiger partial charge is 0.481 e. The van der Waals surface area contributed by atoms with Gasteiger partial charge in [-0.1, -0.05) is 28.1 Å². The molecular formula is C17H16BrNO3. The molecule has 0 atom stereocenters. The predicted molar refractivity (Wildman–Crippen MR) is 87.1 cm³/mol. The minimum Gasteiger partial charge on any atom is -0.481 e. The molecule has 0 aliphatic carbocycles. The zero-order chi connectivity index (χ0) is 15.5. The maximum absolute atomic E-state index is 10.8. The van der Waals surface area contributed by atoms with Crippen molar-refractivity contribution in [3.63, 3.8) is 0 Å². The first kappa shape index (κ1) is 15.1. The highest BCUT2D eigenvalue weighted by atomic mass is 79.9. The minimum atomic E-state index is -0.700. The van der Waals surface area contributed by atoms with E-state index in [2.05, 4.69) is 20.8 Å². The number of hydrogen-bond donors (Lipinski definition) is 1. The molecule has 1 fully saturated rings. The molecule has 0 unspecified atom stereocenters. The Morgan fingerprint density at radius 1 is 1.09 bits per heavy atom. The van der Waals surface area contributed by atoms with Crippen molar-refractivity contribution in [2.24, 2.45) is 5.92 Å². The summed E-state index contributed by atoms with van der Waals surface area (Å²) in [6.45, 7) is 2.04. The molecule has 22 heavy (non-hydrogen) atoms. The molecule has 3 rings (SSSR count). The first-order valence-electron chi connectivity index (χ1n) is 7.08. The predicted octanol–water partition coefficient (Wildman–Crippen LogP) is 3.76. The van der Waals surface area contributed by atoms with Crippen molar-refractivity contribution >= 4 is 21.9 Å². The zero-order valence-electron chi connectivity index (χ0n) is 11.9. The molecule has 5 heteroatoms. The highest BCUT2D eigenvalue weighted by molar-refractivity contribution is 9.10. The normalized spacial score (nSPS) is 15.3. The second-order valence-corrected chi connectivity index (χ2v) is 6.34. The summed E-state index contributed by atoms with van der Waals surface area (Å²) in [7, 11) is 0. The zero-order valence-corrected chi connectivity index (χ0v) is 13.5. The van der Waals surface area contributed by atoms with Gasteiger partial charge in [-0.05, 0) is 42.0 Å². The van der Waals surface area contributed by atoms with Crippen LogP contribution in [-0.4, -0.2) is 29.1 Å². The van der Waals surface area contributed by atoms with Crippen molar-refractivity contribution in [3.05, 3.63) is 58.6 Å². The van der Waals surface area contributed by atoms with Crippen molar-refractivity contribution in [1.29, 1.82) is 0 Å². The van der Waals surface area contributed by atoms with Crippen molar-refractivity contribution in [2.75, 3.05) is 13.1 Å². The van der Waals surface area contributed by atoms with E-state index in [-0.39, 0.29) is 5.92 Å². The monoisotopic (exact) mass is 361 g/mol. The minimum absolute atomic E-state index is 0.208. The van der Waals surface area contributed by atoms with Gasteiger partial charge in [0.2, 0.25) is 0 Å². The fourth-order valence-electron chi connectivity index (χ4n) is 2.41. The van der Waals surface area contributed by atoms with Gasteiger partial charge < -0.3 is 9.84 Å². The second kappa shape index (κ2) is 6.50. The number of hydrogen-bond acceptors (Lipinski definition) is 3. The topological polar surface area (TPSA) is 49.8 Å². The molecule has 1 heterocycles. The van der Waals surface area contributed by atoms with Crippen LogP contribution in [0.2, 0.25) is 0 Å². The van der Waals surface area contributed by atoms with E-state index in [4.69, 9.17) is 9.84 Å². The van der Waals surface area contributed by atoms with E-state index in [1.807, 2.05) is 48.5 Å². The number of benzene rings is 2. The van der Waals surface area contributed by atoms with Gasteiger partial charge in [-0.25, -0.2) is 0 Å². The molecule has 1 aliphatic rings. The van der Waals surface area contributed by atoms with E-state index in [9.17, 15) is 4.79 Å². The highest BCUT2D eigenvalue weighted by Gasteiger charge is 2.31. The number of likely N-dealkylation sites (tertiary alicyclic amines) is 1. The van der Waals surface area contributed by atoms with Crippen LogP contribution in [0.3, 0.4) is 0 Å². The maximum atomic E-state index is 10.8. The van der Waals surface area contributed by atoms with Gasteiger partial charge in [0, 0.05) is 24.1 Å². The van der Waals surface area contributed by atoms with Crippen molar-refractivity contribution < 1.29 is 14.6 Å². The van der Waals surface area contributed by atoms with Gasteiger partial charge >= 0.3 is 5.97 Å². The van der Waals surface area contributed by atoms with Crippen LogP contribution in [0.25, 0.3) is 0 Å². The van der Waals surface area contributed by atoms with Crippen molar-refractivity contribution in [1.82, 2.24) is 4.90 Å². The molecule has 1 N–H and O–H groups in total. The highest BCUT2D eigenvalue weighted by Crippen LogP contribution is 2.24. The Morgan fingerprint density at radius 3 is 2.18 bits per heavy atom. The molecule has 4 nitrogen and oxygen atoms in total.